The molecule has 0 aliphatic heterocycles. The number of esters is 1. The molecule has 1 aromatic rings. The normalized spacial score (nSPS) is 9.31. The molecule has 16 heavy (non-hydrogen) atoms. The highest BCUT2D eigenvalue weighted by atomic mass is 32.2. The van der Waals surface area contributed by atoms with Crippen molar-refractivity contribution < 1.29 is 14.6 Å². The third kappa shape index (κ3) is 4.55. The molecule has 0 saturated heterocycles. The van der Waals surface area contributed by atoms with Crippen LogP contribution in [0.15, 0.2) is 11.0 Å². The maximum atomic E-state index is 11.3. The zero-order valence-electron chi connectivity index (χ0n) is 10.1. The molecule has 3 nitrogen and oxygen atoms in total. The fraction of sp³-hybridized carbons (Fsp3) is 0.545. The first-order valence-electron chi connectivity index (χ1n) is 5.11. The molecular formula is C11H18O3S2. The predicted octanol–water partition coefficient (Wildman–Crippen LogP) is 2.95. The van der Waals surface area contributed by atoms with E-state index in [1.54, 1.807) is 0 Å². The molecule has 1 aromatic heterocycles. The first-order valence-corrected chi connectivity index (χ1v) is 6.91. The van der Waals surface area contributed by atoms with E-state index in [4.69, 9.17) is 5.11 Å². The van der Waals surface area contributed by atoms with E-state index in [0.29, 0.717) is 10.6 Å². The van der Waals surface area contributed by atoms with Gasteiger partial charge in [-0.05, 0) is 13.0 Å². The average Bonchev–Trinajstić information content (AvgIpc) is 2.69. The van der Waals surface area contributed by atoms with Crippen LogP contribution in [0.3, 0.4) is 0 Å². The minimum atomic E-state index is -0.302. The first-order chi connectivity index (χ1) is 7.69. The summed E-state index contributed by atoms with van der Waals surface area (Å²) < 4.78 is 4.67. The van der Waals surface area contributed by atoms with E-state index in [1.165, 1.54) is 30.2 Å². The van der Waals surface area contributed by atoms with Crippen LogP contribution in [0.25, 0.3) is 0 Å². The number of aliphatic hydroxyl groups is 1. The SMILES string of the molecule is CC.COC(=O)c1sc(C)cc1SCCO. The van der Waals surface area contributed by atoms with Crippen LogP contribution < -0.4 is 0 Å². The van der Waals surface area contributed by atoms with Gasteiger partial charge in [0.2, 0.25) is 0 Å². The van der Waals surface area contributed by atoms with E-state index < -0.39 is 0 Å². The molecule has 0 unspecified atom stereocenters. The Kier molecular flexibility index (Phi) is 8.33. The molecule has 0 amide bonds. The standard InChI is InChI=1S/C9H12O3S2.C2H6/c1-6-5-7(13-4-3-10)8(14-6)9(11)12-2;1-2/h5,10H,3-4H2,1-2H3;1-2H3. The monoisotopic (exact) mass is 262 g/mol. The number of rotatable bonds is 4. The highest BCUT2D eigenvalue weighted by Gasteiger charge is 2.15. The Hall–Kier alpha value is -0.520. The van der Waals surface area contributed by atoms with Crippen LogP contribution in [0.4, 0.5) is 0 Å². The van der Waals surface area contributed by atoms with E-state index in [2.05, 4.69) is 4.74 Å². The van der Waals surface area contributed by atoms with E-state index in [9.17, 15) is 4.79 Å². The van der Waals surface area contributed by atoms with Gasteiger partial charge < -0.3 is 9.84 Å². The molecule has 0 saturated carbocycles. The molecule has 0 radical (unpaired) electrons. The van der Waals surface area contributed by atoms with Crippen molar-refractivity contribution in [1.29, 1.82) is 0 Å². The van der Waals surface area contributed by atoms with Gasteiger partial charge in [0.1, 0.15) is 4.88 Å². The van der Waals surface area contributed by atoms with Gasteiger partial charge in [-0.15, -0.1) is 23.1 Å². The summed E-state index contributed by atoms with van der Waals surface area (Å²) in [6.45, 7) is 6.06. The lowest BCUT2D eigenvalue weighted by Gasteiger charge is -1.99. The number of aryl methyl sites for hydroxylation is 1. The quantitative estimate of drug-likeness (QED) is 0.669. The smallest absolute Gasteiger partial charge is 0.349 e. The van der Waals surface area contributed by atoms with E-state index in [-0.39, 0.29) is 12.6 Å². The Morgan fingerprint density at radius 2 is 2.19 bits per heavy atom. The summed E-state index contributed by atoms with van der Waals surface area (Å²) in [7, 11) is 1.37. The van der Waals surface area contributed by atoms with Crippen molar-refractivity contribution in [1.82, 2.24) is 0 Å². The van der Waals surface area contributed by atoms with Gasteiger partial charge in [-0.25, -0.2) is 4.79 Å². The summed E-state index contributed by atoms with van der Waals surface area (Å²) in [5.41, 5.74) is 0. The number of hydrogen-bond acceptors (Lipinski definition) is 5. The van der Waals surface area contributed by atoms with Crippen LogP contribution in [0.5, 0.6) is 0 Å². The van der Waals surface area contributed by atoms with Crippen molar-refractivity contribution in [3.8, 4) is 0 Å². The summed E-state index contributed by atoms with van der Waals surface area (Å²) in [6.07, 6.45) is 0. The second kappa shape index (κ2) is 8.61. The van der Waals surface area contributed by atoms with Gasteiger partial charge >= 0.3 is 5.97 Å². The third-order valence-corrected chi connectivity index (χ3v) is 3.72. The van der Waals surface area contributed by atoms with Crippen molar-refractivity contribution in [2.24, 2.45) is 0 Å². The fourth-order valence-corrected chi connectivity index (χ4v) is 2.98. The van der Waals surface area contributed by atoms with Crippen molar-refractivity contribution in [3.05, 3.63) is 15.8 Å². The molecular weight excluding hydrogens is 244 g/mol. The van der Waals surface area contributed by atoms with Crippen LogP contribution in [0.2, 0.25) is 0 Å². The molecule has 0 bridgehead atoms. The molecule has 92 valence electrons. The van der Waals surface area contributed by atoms with Crippen molar-refractivity contribution in [2.45, 2.75) is 25.7 Å². The first kappa shape index (κ1) is 15.5. The lowest BCUT2D eigenvalue weighted by molar-refractivity contribution is 0.0602. The van der Waals surface area contributed by atoms with Gasteiger partial charge in [0, 0.05) is 15.5 Å². The van der Waals surface area contributed by atoms with Crippen LogP contribution in [-0.2, 0) is 4.74 Å². The predicted molar refractivity (Wildman–Crippen MR) is 69.6 cm³/mol. The molecule has 1 N–H and O–H groups in total. The summed E-state index contributed by atoms with van der Waals surface area (Å²) in [6, 6.07) is 1.94. The van der Waals surface area contributed by atoms with Crippen molar-refractivity contribution in [3.63, 3.8) is 0 Å². The van der Waals surface area contributed by atoms with Crippen molar-refractivity contribution >= 4 is 29.1 Å². The summed E-state index contributed by atoms with van der Waals surface area (Å²) in [5, 5.41) is 8.69. The largest absolute Gasteiger partial charge is 0.465 e. The van der Waals surface area contributed by atoms with Gasteiger partial charge in [0.25, 0.3) is 0 Å². The van der Waals surface area contributed by atoms with Crippen LogP contribution in [0.1, 0.15) is 28.4 Å². The van der Waals surface area contributed by atoms with E-state index in [1.807, 2.05) is 26.8 Å². The van der Waals surface area contributed by atoms with Gasteiger partial charge in [0.05, 0.1) is 13.7 Å². The third-order valence-electron chi connectivity index (χ3n) is 1.54. The molecule has 0 aliphatic rings. The number of aliphatic hydroxyl groups excluding tert-OH is 1. The molecule has 1 heterocycles. The molecule has 0 spiro atoms. The number of carbonyl (C=O) groups is 1. The molecule has 0 atom stereocenters. The van der Waals surface area contributed by atoms with E-state index >= 15 is 0 Å². The van der Waals surface area contributed by atoms with Crippen LogP contribution >= 0.6 is 23.1 Å². The number of ether oxygens (including phenoxy) is 1. The van der Waals surface area contributed by atoms with Gasteiger partial charge in [-0.2, -0.15) is 0 Å². The number of thioether (sulfide) groups is 1. The number of carbonyl (C=O) groups excluding carboxylic acids is 1. The van der Waals surface area contributed by atoms with Crippen molar-refractivity contribution in [2.75, 3.05) is 19.5 Å². The number of thiophene rings is 1. The Bertz CT molecular complexity index is 321. The Morgan fingerprint density at radius 3 is 2.69 bits per heavy atom. The minimum Gasteiger partial charge on any atom is -0.465 e. The maximum absolute atomic E-state index is 11.3. The lowest BCUT2D eigenvalue weighted by Crippen LogP contribution is -1.99. The molecule has 0 aliphatic carbocycles. The maximum Gasteiger partial charge on any atom is 0.349 e. The van der Waals surface area contributed by atoms with E-state index in [0.717, 1.165) is 9.77 Å². The summed E-state index contributed by atoms with van der Waals surface area (Å²) in [4.78, 5) is 13.9. The van der Waals surface area contributed by atoms with Crippen LogP contribution in [0, 0.1) is 6.92 Å². The average molecular weight is 262 g/mol. The highest BCUT2D eigenvalue weighted by molar-refractivity contribution is 7.99. The minimum absolute atomic E-state index is 0.111. The summed E-state index contributed by atoms with van der Waals surface area (Å²) >= 11 is 2.89. The van der Waals surface area contributed by atoms with Crippen LogP contribution in [-0.4, -0.2) is 30.5 Å². The lowest BCUT2D eigenvalue weighted by atomic mass is 10.4. The summed E-state index contributed by atoms with van der Waals surface area (Å²) in [5.74, 6) is 0.295. The highest BCUT2D eigenvalue weighted by Crippen LogP contribution is 2.30. The topological polar surface area (TPSA) is 46.5 Å². The zero-order valence-corrected chi connectivity index (χ0v) is 11.7. The Balaban J connectivity index is 0.00000106. The fourth-order valence-electron chi connectivity index (χ4n) is 0.989. The second-order valence-corrected chi connectivity index (χ2v) is 5.01. The zero-order chi connectivity index (χ0) is 12.6. The second-order valence-electron chi connectivity index (χ2n) is 2.61. The Labute approximate surface area is 105 Å². The van der Waals surface area contributed by atoms with Gasteiger partial charge in [0.15, 0.2) is 0 Å². The molecule has 5 heteroatoms. The molecule has 1 rings (SSSR count). The molecule has 0 fully saturated rings. The molecule has 0 aromatic carbocycles. The Morgan fingerprint density at radius 1 is 1.56 bits per heavy atom. The number of hydrogen-bond donors (Lipinski definition) is 1. The number of methoxy groups -OCH3 is 1. The van der Waals surface area contributed by atoms with Gasteiger partial charge in [-0.1, -0.05) is 13.8 Å². The van der Waals surface area contributed by atoms with Gasteiger partial charge in [-0.3, -0.25) is 0 Å².